The van der Waals surface area contributed by atoms with Gasteiger partial charge in [0, 0.05) is 25.3 Å². The molecule has 19 heavy (non-hydrogen) atoms. The van der Waals surface area contributed by atoms with Gasteiger partial charge in [0.1, 0.15) is 11.4 Å². The first-order valence-corrected chi connectivity index (χ1v) is 6.13. The number of ether oxygens (including phenoxy) is 1. The van der Waals surface area contributed by atoms with E-state index in [1.165, 1.54) is 18.2 Å². The van der Waals surface area contributed by atoms with E-state index in [-0.39, 0.29) is 29.6 Å². The molecule has 6 nitrogen and oxygen atoms in total. The molecule has 0 bridgehead atoms. The molecule has 1 aliphatic rings. The highest BCUT2D eigenvalue weighted by molar-refractivity contribution is 5.99. The summed E-state index contributed by atoms with van der Waals surface area (Å²) in [5.74, 6) is -0.462. The van der Waals surface area contributed by atoms with Gasteiger partial charge in [-0.15, -0.1) is 0 Å². The first kappa shape index (κ1) is 13.6. The number of hydrogen-bond acceptors (Lipinski definition) is 5. The molecule has 2 unspecified atom stereocenters. The predicted molar refractivity (Wildman–Crippen MR) is 69.8 cm³/mol. The first-order valence-electron chi connectivity index (χ1n) is 6.13. The largest absolute Gasteiger partial charge is 0.508 e. The van der Waals surface area contributed by atoms with E-state index < -0.39 is 11.5 Å². The standard InChI is InChI=1S/C13H18N2O4/c1-8-13(18,4-5-19-8)7-15-12(17)10-6-9(16)2-3-11(10)14/h2-3,6,8,16,18H,4-5,7,14H2,1H3,(H,15,17). The summed E-state index contributed by atoms with van der Waals surface area (Å²) in [5.41, 5.74) is 5.09. The molecule has 1 amide bonds. The van der Waals surface area contributed by atoms with Crippen LogP contribution in [-0.2, 0) is 4.74 Å². The summed E-state index contributed by atoms with van der Waals surface area (Å²) in [6, 6.07) is 4.16. The van der Waals surface area contributed by atoms with Crippen LogP contribution in [0.25, 0.3) is 0 Å². The van der Waals surface area contributed by atoms with Crippen LogP contribution in [0.15, 0.2) is 18.2 Å². The molecule has 0 aliphatic carbocycles. The summed E-state index contributed by atoms with van der Waals surface area (Å²) in [6.07, 6.45) is 0.151. The van der Waals surface area contributed by atoms with Crippen molar-refractivity contribution in [2.75, 3.05) is 18.9 Å². The second-order valence-corrected chi connectivity index (χ2v) is 4.82. The molecule has 6 heteroatoms. The smallest absolute Gasteiger partial charge is 0.253 e. The average Bonchev–Trinajstić information content (AvgIpc) is 2.70. The number of aromatic hydroxyl groups is 1. The molecular formula is C13H18N2O4. The normalized spacial score (nSPS) is 26.3. The number of carbonyl (C=O) groups is 1. The summed E-state index contributed by atoms with van der Waals surface area (Å²) in [4.78, 5) is 12.0. The lowest BCUT2D eigenvalue weighted by molar-refractivity contribution is -0.0251. The minimum Gasteiger partial charge on any atom is -0.508 e. The number of nitrogens with two attached hydrogens (primary N) is 1. The van der Waals surface area contributed by atoms with Gasteiger partial charge in [0.15, 0.2) is 0 Å². The van der Waals surface area contributed by atoms with E-state index >= 15 is 0 Å². The summed E-state index contributed by atoms with van der Waals surface area (Å²) >= 11 is 0. The number of benzene rings is 1. The number of rotatable bonds is 3. The molecule has 0 aromatic heterocycles. The third-order valence-electron chi connectivity index (χ3n) is 3.50. The topological polar surface area (TPSA) is 105 Å². The van der Waals surface area contributed by atoms with Gasteiger partial charge in [0.05, 0.1) is 11.7 Å². The Balaban J connectivity index is 2.03. The lowest BCUT2D eigenvalue weighted by atomic mass is 9.96. The van der Waals surface area contributed by atoms with Gasteiger partial charge in [-0.1, -0.05) is 0 Å². The summed E-state index contributed by atoms with van der Waals surface area (Å²) in [6.45, 7) is 2.33. The summed E-state index contributed by atoms with van der Waals surface area (Å²) < 4.78 is 5.28. The number of amides is 1. The number of anilines is 1. The third kappa shape index (κ3) is 2.80. The Morgan fingerprint density at radius 3 is 3.00 bits per heavy atom. The minimum atomic E-state index is -1.05. The first-order chi connectivity index (χ1) is 8.92. The number of nitrogens with one attached hydrogen (secondary N) is 1. The van der Waals surface area contributed by atoms with Crippen molar-refractivity contribution >= 4 is 11.6 Å². The fraction of sp³-hybridized carbons (Fsp3) is 0.462. The van der Waals surface area contributed by atoms with Gasteiger partial charge in [-0.3, -0.25) is 4.79 Å². The van der Waals surface area contributed by atoms with Crippen LogP contribution in [0, 0.1) is 0 Å². The molecule has 104 valence electrons. The van der Waals surface area contributed by atoms with Crippen molar-refractivity contribution in [1.29, 1.82) is 0 Å². The van der Waals surface area contributed by atoms with Crippen LogP contribution < -0.4 is 11.1 Å². The number of phenols is 1. The van der Waals surface area contributed by atoms with Crippen LogP contribution in [0.2, 0.25) is 0 Å². The van der Waals surface area contributed by atoms with Crippen LogP contribution in [0.5, 0.6) is 5.75 Å². The number of carbonyl (C=O) groups excluding carboxylic acids is 1. The maximum Gasteiger partial charge on any atom is 0.253 e. The van der Waals surface area contributed by atoms with E-state index in [9.17, 15) is 15.0 Å². The van der Waals surface area contributed by atoms with Crippen molar-refractivity contribution in [2.24, 2.45) is 0 Å². The van der Waals surface area contributed by atoms with E-state index in [1.807, 2.05) is 0 Å². The van der Waals surface area contributed by atoms with Gasteiger partial charge in [-0.05, 0) is 25.1 Å². The highest BCUT2D eigenvalue weighted by Gasteiger charge is 2.39. The van der Waals surface area contributed by atoms with Crippen LogP contribution in [-0.4, -0.2) is 41.0 Å². The SMILES string of the molecule is CC1OCCC1(O)CNC(=O)c1cc(O)ccc1N. The molecule has 1 heterocycles. The number of aliphatic hydroxyl groups is 1. The predicted octanol–water partition coefficient (Wildman–Crippen LogP) is 0.244. The zero-order valence-electron chi connectivity index (χ0n) is 10.7. The van der Waals surface area contributed by atoms with Crippen molar-refractivity contribution in [2.45, 2.75) is 25.0 Å². The van der Waals surface area contributed by atoms with E-state index in [0.717, 1.165) is 0 Å². The molecule has 2 atom stereocenters. The van der Waals surface area contributed by atoms with Gasteiger partial charge < -0.3 is 26.0 Å². The fourth-order valence-corrected chi connectivity index (χ4v) is 2.07. The van der Waals surface area contributed by atoms with Gasteiger partial charge in [-0.2, -0.15) is 0 Å². The van der Waals surface area contributed by atoms with Crippen molar-refractivity contribution < 1.29 is 19.7 Å². The Morgan fingerprint density at radius 1 is 1.63 bits per heavy atom. The molecule has 1 saturated heterocycles. The van der Waals surface area contributed by atoms with Crippen LogP contribution >= 0.6 is 0 Å². The third-order valence-corrected chi connectivity index (χ3v) is 3.50. The monoisotopic (exact) mass is 266 g/mol. The van der Waals surface area contributed by atoms with Crippen LogP contribution in [0.1, 0.15) is 23.7 Å². The van der Waals surface area contributed by atoms with E-state index in [2.05, 4.69) is 5.32 Å². The molecule has 1 aromatic rings. The van der Waals surface area contributed by atoms with Crippen molar-refractivity contribution in [3.63, 3.8) is 0 Å². The Bertz CT molecular complexity index is 492. The van der Waals surface area contributed by atoms with Crippen LogP contribution in [0.4, 0.5) is 5.69 Å². The van der Waals surface area contributed by atoms with Crippen LogP contribution in [0.3, 0.4) is 0 Å². The second-order valence-electron chi connectivity index (χ2n) is 4.82. The molecule has 2 rings (SSSR count). The number of nitrogen functional groups attached to an aromatic ring is 1. The lowest BCUT2D eigenvalue weighted by Crippen LogP contribution is -2.47. The van der Waals surface area contributed by atoms with Crippen molar-refractivity contribution in [3.05, 3.63) is 23.8 Å². The molecule has 1 aliphatic heterocycles. The molecule has 0 spiro atoms. The quantitative estimate of drug-likeness (QED) is 0.463. The second kappa shape index (κ2) is 5.07. The van der Waals surface area contributed by atoms with E-state index in [0.29, 0.717) is 13.0 Å². The highest BCUT2D eigenvalue weighted by Crippen LogP contribution is 2.25. The highest BCUT2D eigenvalue weighted by atomic mass is 16.5. The van der Waals surface area contributed by atoms with Gasteiger partial charge in [0.2, 0.25) is 0 Å². The van der Waals surface area contributed by atoms with E-state index in [4.69, 9.17) is 10.5 Å². The molecule has 1 aromatic carbocycles. The Morgan fingerprint density at radius 2 is 2.37 bits per heavy atom. The van der Waals surface area contributed by atoms with Crippen molar-refractivity contribution in [3.8, 4) is 5.75 Å². The summed E-state index contributed by atoms with van der Waals surface area (Å²) in [7, 11) is 0. The lowest BCUT2D eigenvalue weighted by Gasteiger charge is -2.26. The molecule has 0 radical (unpaired) electrons. The van der Waals surface area contributed by atoms with E-state index in [1.54, 1.807) is 6.92 Å². The van der Waals surface area contributed by atoms with Gasteiger partial charge >= 0.3 is 0 Å². The van der Waals surface area contributed by atoms with Gasteiger partial charge in [-0.25, -0.2) is 0 Å². The fourth-order valence-electron chi connectivity index (χ4n) is 2.07. The maximum absolute atomic E-state index is 12.0. The molecular weight excluding hydrogens is 248 g/mol. The summed E-state index contributed by atoms with van der Waals surface area (Å²) in [5, 5.41) is 22.2. The minimum absolute atomic E-state index is 0.0318. The zero-order chi connectivity index (χ0) is 14.0. The Labute approximate surface area is 111 Å². The number of hydrogen-bond donors (Lipinski definition) is 4. The van der Waals surface area contributed by atoms with Crippen molar-refractivity contribution in [1.82, 2.24) is 5.32 Å². The number of phenolic OH excluding ortho intramolecular Hbond substituents is 1. The zero-order valence-corrected chi connectivity index (χ0v) is 10.7. The molecule has 0 saturated carbocycles. The Kier molecular flexibility index (Phi) is 3.64. The molecule has 5 N–H and O–H groups in total. The van der Waals surface area contributed by atoms with Gasteiger partial charge in [0.25, 0.3) is 5.91 Å². The molecule has 1 fully saturated rings. The maximum atomic E-state index is 12.0. The Hall–Kier alpha value is -1.79. The average molecular weight is 266 g/mol.